The van der Waals surface area contributed by atoms with Crippen LogP contribution in [0.15, 0.2) is 18.2 Å². The maximum atomic E-state index is 12.4. The van der Waals surface area contributed by atoms with Crippen molar-refractivity contribution in [1.29, 1.82) is 0 Å². The molecule has 3 nitrogen and oxygen atoms in total. The van der Waals surface area contributed by atoms with Gasteiger partial charge in [0.1, 0.15) is 5.75 Å². The molecule has 0 amide bonds. The maximum absolute atomic E-state index is 12.4. The predicted molar refractivity (Wildman–Crippen MR) is 67.9 cm³/mol. The third kappa shape index (κ3) is 1.84. The normalized spacial score (nSPS) is 16.2. The summed E-state index contributed by atoms with van der Waals surface area (Å²) in [5.74, 6) is 1.04. The highest BCUT2D eigenvalue weighted by molar-refractivity contribution is 7.22. The summed E-state index contributed by atoms with van der Waals surface area (Å²) in [7, 11) is 1.66. The van der Waals surface area contributed by atoms with E-state index in [0.717, 1.165) is 34.2 Å². The van der Waals surface area contributed by atoms with Gasteiger partial charge >= 0.3 is 0 Å². The number of methoxy groups -OCH3 is 1. The SMILES string of the molecule is COc1ccc2nc(N3CC(CF)C3)sc2c1. The van der Waals surface area contributed by atoms with E-state index < -0.39 is 0 Å². The topological polar surface area (TPSA) is 25.4 Å². The van der Waals surface area contributed by atoms with E-state index in [-0.39, 0.29) is 12.6 Å². The monoisotopic (exact) mass is 252 g/mol. The van der Waals surface area contributed by atoms with E-state index in [1.807, 2.05) is 18.2 Å². The van der Waals surface area contributed by atoms with E-state index in [2.05, 4.69) is 9.88 Å². The molecule has 1 saturated heterocycles. The lowest BCUT2D eigenvalue weighted by Gasteiger charge is -2.37. The second kappa shape index (κ2) is 4.14. The second-order valence-corrected chi connectivity index (χ2v) is 5.26. The Kier molecular flexibility index (Phi) is 2.63. The number of nitrogens with zero attached hydrogens (tertiary/aromatic N) is 2. The summed E-state index contributed by atoms with van der Waals surface area (Å²) in [5.41, 5.74) is 0.981. The Bertz CT molecular complexity index is 536. The van der Waals surface area contributed by atoms with Crippen LogP contribution in [0, 0.1) is 5.92 Å². The highest BCUT2D eigenvalue weighted by Gasteiger charge is 2.28. The van der Waals surface area contributed by atoms with Gasteiger partial charge in [0.25, 0.3) is 0 Å². The van der Waals surface area contributed by atoms with Crippen molar-refractivity contribution in [1.82, 2.24) is 4.98 Å². The molecule has 2 aromatic rings. The molecule has 90 valence electrons. The van der Waals surface area contributed by atoms with Crippen molar-refractivity contribution >= 4 is 26.7 Å². The van der Waals surface area contributed by atoms with Gasteiger partial charge in [-0.3, -0.25) is 4.39 Å². The van der Waals surface area contributed by atoms with Gasteiger partial charge in [-0.2, -0.15) is 0 Å². The third-order valence-corrected chi connectivity index (χ3v) is 4.11. The van der Waals surface area contributed by atoms with Crippen molar-refractivity contribution < 1.29 is 9.13 Å². The van der Waals surface area contributed by atoms with Crippen LogP contribution in [0.25, 0.3) is 10.2 Å². The lowest BCUT2D eigenvalue weighted by molar-refractivity contribution is 0.306. The van der Waals surface area contributed by atoms with Gasteiger partial charge in [0, 0.05) is 19.0 Å². The van der Waals surface area contributed by atoms with Gasteiger partial charge in [-0.05, 0) is 18.2 Å². The molecule has 0 aliphatic carbocycles. The molecule has 17 heavy (non-hydrogen) atoms. The van der Waals surface area contributed by atoms with Gasteiger partial charge in [-0.25, -0.2) is 4.98 Å². The van der Waals surface area contributed by atoms with E-state index in [0.29, 0.717) is 0 Å². The van der Waals surface area contributed by atoms with Gasteiger partial charge in [0.2, 0.25) is 0 Å². The number of rotatable bonds is 3. The Balaban J connectivity index is 1.87. The van der Waals surface area contributed by atoms with E-state index >= 15 is 0 Å². The Morgan fingerprint density at radius 2 is 2.35 bits per heavy atom. The Labute approximate surface area is 103 Å². The fourth-order valence-electron chi connectivity index (χ4n) is 1.98. The molecule has 1 fully saturated rings. The van der Waals surface area contributed by atoms with Gasteiger partial charge in [0.15, 0.2) is 5.13 Å². The molecular weight excluding hydrogens is 239 g/mol. The molecule has 0 unspecified atom stereocenters. The highest BCUT2D eigenvalue weighted by atomic mass is 32.1. The number of thiazole rings is 1. The molecule has 0 N–H and O–H groups in total. The number of alkyl halides is 1. The summed E-state index contributed by atoms with van der Waals surface area (Å²) in [6, 6.07) is 5.86. The van der Waals surface area contributed by atoms with Crippen molar-refractivity contribution in [2.24, 2.45) is 5.92 Å². The van der Waals surface area contributed by atoms with Gasteiger partial charge in [0.05, 0.1) is 24.0 Å². The number of hydrogen-bond donors (Lipinski definition) is 0. The number of anilines is 1. The average Bonchev–Trinajstić information content (AvgIpc) is 2.69. The second-order valence-electron chi connectivity index (χ2n) is 4.26. The molecule has 2 heterocycles. The fourth-order valence-corrected chi connectivity index (χ4v) is 2.99. The van der Waals surface area contributed by atoms with Crippen LogP contribution in [-0.4, -0.2) is 31.9 Å². The van der Waals surface area contributed by atoms with Crippen LogP contribution < -0.4 is 9.64 Å². The summed E-state index contributed by atoms with van der Waals surface area (Å²) in [5, 5.41) is 0.984. The van der Waals surface area contributed by atoms with E-state index in [4.69, 9.17) is 4.74 Å². The number of aromatic nitrogens is 1. The Hall–Kier alpha value is -1.36. The molecule has 0 bridgehead atoms. The predicted octanol–water partition coefficient (Wildman–Crippen LogP) is 2.71. The summed E-state index contributed by atoms with van der Waals surface area (Å²) >= 11 is 1.64. The van der Waals surface area contributed by atoms with Crippen LogP contribution in [-0.2, 0) is 0 Å². The zero-order valence-corrected chi connectivity index (χ0v) is 10.3. The van der Waals surface area contributed by atoms with Crippen molar-refractivity contribution in [2.75, 3.05) is 31.8 Å². The third-order valence-electron chi connectivity index (χ3n) is 3.03. The first kappa shape index (κ1) is 10.8. The van der Waals surface area contributed by atoms with Crippen molar-refractivity contribution in [2.45, 2.75) is 0 Å². The van der Waals surface area contributed by atoms with Crippen LogP contribution in [0.2, 0.25) is 0 Å². The lowest BCUT2D eigenvalue weighted by Crippen LogP contribution is -2.47. The fraction of sp³-hybridized carbons (Fsp3) is 0.417. The standard InChI is InChI=1S/C12H13FN2OS/c1-16-9-2-3-10-11(4-9)17-12(14-10)15-6-8(5-13)7-15/h2-4,8H,5-7H2,1H3. The number of ether oxygens (including phenoxy) is 1. The molecule has 1 aliphatic heterocycles. The minimum Gasteiger partial charge on any atom is -0.497 e. The van der Waals surface area contributed by atoms with Gasteiger partial charge < -0.3 is 9.64 Å². The average molecular weight is 252 g/mol. The molecule has 3 rings (SSSR count). The molecule has 1 aliphatic rings. The van der Waals surface area contributed by atoms with E-state index in [1.165, 1.54) is 0 Å². The molecule has 0 radical (unpaired) electrons. The number of fused-ring (bicyclic) bond motifs is 1. The van der Waals surface area contributed by atoms with Crippen LogP contribution in [0.3, 0.4) is 0 Å². The first-order valence-electron chi connectivity index (χ1n) is 5.55. The summed E-state index contributed by atoms with van der Waals surface area (Å²) in [4.78, 5) is 6.67. The van der Waals surface area contributed by atoms with Crippen LogP contribution in [0.4, 0.5) is 9.52 Å². The smallest absolute Gasteiger partial charge is 0.186 e. The number of halogens is 1. The lowest BCUT2D eigenvalue weighted by atomic mass is 10.0. The van der Waals surface area contributed by atoms with Crippen LogP contribution in [0.1, 0.15) is 0 Å². The summed E-state index contributed by atoms with van der Waals surface area (Å²) in [6.45, 7) is 1.34. The minimum absolute atomic E-state index is 0.191. The van der Waals surface area contributed by atoms with Crippen molar-refractivity contribution in [3.63, 3.8) is 0 Å². The molecule has 1 aromatic heterocycles. The van der Waals surface area contributed by atoms with E-state index in [1.54, 1.807) is 18.4 Å². The maximum Gasteiger partial charge on any atom is 0.186 e. The summed E-state index contributed by atoms with van der Waals surface area (Å²) < 4.78 is 18.7. The van der Waals surface area contributed by atoms with Gasteiger partial charge in [-0.1, -0.05) is 11.3 Å². The van der Waals surface area contributed by atoms with Crippen LogP contribution in [0.5, 0.6) is 5.75 Å². The molecule has 0 atom stereocenters. The zero-order valence-electron chi connectivity index (χ0n) is 9.52. The largest absolute Gasteiger partial charge is 0.497 e. The molecule has 1 aromatic carbocycles. The molecular formula is C12H13FN2OS. The first-order chi connectivity index (χ1) is 8.30. The Morgan fingerprint density at radius 1 is 1.53 bits per heavy atom. The minimum atomic E-state index is -0.227. The quantitative estimate of drug-likeness (QED) is 0.840. The zero-order chi connectivity index (χ0) is 11.8. The highest BCUT2D eigenvalue weighted by Crippen LogP contribution is 2.34. The number of hydrogen-bond acceptors (Lipinski definition) is 4. The molecule has 5 heteroatoms. The molecule has 0 saturated carbocycles. The van der Waals surface area contributed by atoms with Crippen molar-refractivity contribution in [3.05, 3.63) is 18.2 Å². The number of benzene rings is 1. The molecule has 0 spiro atoms. The first-order valence-corrected chi connectivity index (χ1v) is 6.37. The van der Waals surface area contributed by atoms with Crippen LogP contribution >= 0.6 is 11.3 Å². The van der Waals surface area contributed by atoms with Crippen molar-refractivity contribution in [3.8, 4) is 5.75 Å². The van der Waals surface area contributed by atoms with E-state index in [9.17, 15) is 4.39 Å². The Morgan fingerprint density at radius 3 is 3.06 bits per heavy atom. The van der Waals surface area contributed by atoms with Gasteiger partial charge in [-0.15, -0.1) is 0 Å². The summed E-state index contributed by atoms with van der Waals surface area (Å²) in [6.07, 6.45) is 0.